The van der Waals surface area contributed by atoms with Crippen molar-refractivity contribution in [1.29, 1.82) is 10.8 Å². The summed E-state index contributed by atoms with van der Waals surface area (Å²) in [5, 5.41) is 17.0. The van der Waals surface area contributed by atoms with Crippen LogP contribution in [0.25, 0.3) is 5.95 Å². The number of hydrogen-bond acceptors (Lipinski definition) is 8. The standard InChI is InChI=1S/C20H28N8O2/c1-6-13(7-2)28-15(8-3)17(22)27(12(4)21)16-9-23-20(25-18(16)28)26-10-14(24-11-26)19(29)30-5/h9-11,13,15,21-22H,6-8H2,1-5H3/t15-/m1/s1. The van der Waals surface area contributed by atoms with Gasteiger partial charge in [-0.25, -0.2) is 14.8 Å². The number of carbonyl (C=O) groups excluding carboxylic acids is 1. The minimum Gasteiger partial charge on any atom is -0.464 e. The Bertz CT molecular complexity index is 965. The molecule has 0 radical (unpaired) electrons. The van der Waals surface area contributed by atoms with Gasteiger partial charge in [-0.15, -0.1) is 0 Å². The molecule has 2 N–H and O–H groups in total. The molecule has 0 unspecified atom stereocenters. The van der Waals surface area contributed by atoms with Gasteiger partial charge in [0, 0.05) is 12.2 Å². The van der Waals surface area contributed by atoms with Crippen LogP contribution in [-0.4, -0.2) is 56.4 Å². The van der Waals surface area contributed by atoms with Gasteiger partial charge in [0.1, 0.15) is 23.7 Å². The van der Waals surface area contributed by atoms with E-state index < -0.39 is 5.97 Å². The second-order valence-electron chi connectivity index (χ2n) is 7.14. The average molecular weight is 412 g/mol. The van der Waals surface area contributed by atoms with Gasteiger partial charge in [-0.1, -0.05) is 20.8 Å². The number of anilines is 2. The predicted octanol–water partition coefficient (Wildman–Crippen LogP) is 3.02. The van der Waals surface area contributed by atoms with Gasteiger partial charge in [-0.3, -0.25) is 20.3 Å². The van der Waals surface area contributed by atoms with Crippen LogP contribution >= 0.6 is 0 Å². The molecule has 2 aromatic heterocycles. The first-order valence-electron chi connectivity index (χ1n) is 10.1. The molecule has 0 saturated heterocycles. The van der Waals surface area contributed by atoms with Gasteiger partial charge in [0.05, 0.1) is 19.3 Å². The van der Waals surface area contributed by atoms with Crippen LogP contribution in [-0.2, 0) is 4.74 Å². The van der Waals surface area contributed by atoms with Crippen LogP contribution < -0.4 is 9.80 Å². The molecular weight excluding hydrogens is 384 g/mol. The third-order valence-electron chi connectivity index (χ3n) is 5.38. The second-order valence-corrected chi connectivity index (χ2v) is 7.14. The molecule has 1 aliphatic heterocycles. The Kier molecular flexibility index (Phi) is 6.14. The quantitative estimate of drug-likeness (QED) is 0.424. The maximum absolute atomic E-state index is 11.7. The van der Waals surface area contributed by atoms with Gasteiger partial charge in [-0.05, 0) is 26.2 Å². The van der Waals surface area contributed by atoms with Gasteiger partial charge >= 0.3 is 5.97 Å². The van der Waals surface area contributed by atoms with Crippen molar-refractivity contribution < 1.29 is 9.53 Å². The summed E-state index contributed by atoms with van der Waals surface area (Å²) in [6, 6.07) is -0.00252. The molecule has 1 atom stereocenters. The summed E-state index contributed by atoms with van der Waals surface area (Å²) >= 11 is 0. The number of imidazole rings is 1. The lowest BCUT2D eigenvalue weighted by atomic mass is 10.0. The van der Waals surface area contributed by atoms with E-state index in [0.717, 1.165) is 19.3 Å². The Labute approximate surface area is 175 Å². The molecule has 0 aliphatic carbocycles. The number of rotatable bonds is 6. The average Bonchev–Trinajstić information content (AvgIpc) is 3.23. The van der Waals surface area contributed by atoms with E-state index >= 15 is 0 Å². The third-order valence-corrected chi connectivity index (χ3v) is 5.38. The monoisotopic (exact) mass is 412 g/mol. The van der Waals surface area contributed by atoms with E-state index in [1.165, 1.54) is 19.6 Å². The molecule has 0 aromatic carbocycles. The first-order chi connectivity index (χ1) is 14.4. The summed E-state index contributed by atoms with van der Waals surface area (Å²) in [7, 11) is 1.30. The molecule has 10 heteroatoms. The summed E-state index contributed by atoms with van der Waals surface area (Å²) < 4.78 is 6.29. The minimum atomic E-state index is -0.532. The van der Waals surface area contributed by atoms with Crippen molar-refractivity contribution in [3.63, 3.8) is 0 Å². The third kappa shape index (κ3) is 3.53. The zero-order valence-electron chi connectivity index (χ0n) is 18.0. The summed E-state index contributed by atoms with van der Waals surface area (Å²) in [4.78, 5) is 28.8. The lowest BCUT2D eigenvalue weighted by Gasteiger charge is -2.46. The number of nitrogens with one attached hydrogen (secondary N) is 2. The van der Waals surface area contributed by atoms with Gasteiger partial charge in [0.15, 0.2) is 11.5 Å². The lowest BCUT2D eigenvalue weighted by molar-refractivity contribution is 0.0594. The normalized spacial score (nSPS) is 16.1. The zero-order valence-corrected chi connectivity index (χ0v) is 18.0. The molecule has 2 aromatic rings. The van der Waals surface area contributed by atoms with E-state index in [9.17, 15) is 4.79 Å². The lowest BCUT2D eigenvalue weighted by Crippen LogP contribution is -2.57. The fourth-order valence-electron chi connectivity index (χ4n) is 3.89. The molecule has 160 valence electrons. The van der Waals surface area contributed by atoms with Crippen molar-refractivity contribution >= 4 is 29.1 Å². The Hall–Kier alpha value is -3.30. The van der Waals surface area contributed by atoms with Gasteiger partial charge in [-0.2, -0.15) is 4.98 Å². The van der Waals surface area contributed by atoms with E-state index in [-0.39, 0.29) is 23.6 Å². The molecule has 0 fully saturated rings. The fourth-order valence-corrected chi connectivity index (χ4v) is 3.89. The summed E-state index contributed by atoms with van der Waals surface area (Å²) in [5.74, 6) is 1.11. The predicted molar refractivity (Wildman–Crippen MR) is 115 cm³/mol. The molecule has 3 rings (SSSR count). The number of amidine groups is 2. The first kappa shape index (κ1) is 21.4. The SMILES string of the molecule is CCC(CC)N1c2nc(-n3cnc(C(=O)OC)c3)ncc2N(C(C)=N)C(=N)[C@H]1CC. The molecule has 3 heterocycles. The van der Waals surface area contributed by atoms with Crippen LogP contribution in [0.1, 0.15) is 57.4 Å². The zero-order chi connectivity index (χ0) is 22.0. The fraction of sp³-hybridized carbons (Fsp3) is 0.500. The van der Waals surface area contributed by atoms with Crippen LogP contribution in [0, 0.1) is 10.8 Å². The maximum Gasteiger partial charge on any atom is 0.358 e. The van der Waals surface area contributed by atoms with Crippen LogP contribution in [0.5, 0.6) is 0 Å². The van der Waals surface area contributed by atoms with Crippen molar-refractivity contribution in [2.24, 2.45) is 0 Å². The number of nitrogens with zero attached hydrogens (tertiary/aromatic N) is 6. The van der Waals surface area contributed by atoms with Crippen molar-refractivity contribution in [1.82, 2.24) is 19.5 Å². The summed E-state index contributed by atoms with van der Waals surface area (Å²) in [6.07, 6.45) is 7.15. The molecule has 0 bridgehead atoms. The highest BCUT2D eigenvalue weighted by Gasteiger charge is 2.39. The topological polar surface area (TPSA) is 124 Å². The molecule has 1 aliphatic rings. The number of ether oxygens (including phenoxy) is 1. The van der Waals surface area contributed by atoms with E-state index in [4.69, 9.17) is 20.5 Å². The van der Waals surface area contributed by atoms with Crippen molar-refractivity contribution in [2.75, 3.05) is 16.9 Å². The summed E-state index contributed by atoms with van der Waals surface area (Å²) in [5.41, 5.74) is 0.780. The smallest absolute Gasteiger partial charge is 0.358 e. The van der Waals surface area contributed by atoms with Crippen LogP contribution in [0.3, 0.4) is 0 Å². The van der Waals surface area contributed by atoms with Gasteiger partial charge < -0.3 is 9.64 Å². The number of carbonyl (C=O) groups is 1. The number of fused-ring (bicyclic) bond motifs is 1. The van der Waals surface area contributed by atoms with E-state index in [0.29, 0.717) is 23.3 Å². The Morgan fingerprint density at radius 1 is 1.27 bits per heavy atom. The van der Waals surface area contributed by atoms with Crippen LogP contribution in [0.15, 0.2) is 18.7 Å². The van der Waals surface area contributed by atoms with E-state index in [1.807, 2.05) is 6.92 Å². The Balaban J connectivity index is 2.17. The minimum absolute atomic E-state index is 0.167. The number of esters is 1. The Morgan fingerprint density at radius 2 is 1.97 bits per heavy atom. The van der Waals surface area contributed by atoms with Crippen molar-refractivity contribution in [2.45, 2.75) is 59.0 Å². The van der Waals surface area contributed by atoms with Gasteiger partial charge in [0.2, 0.25) is 5.95 Å². The van der Waals surface area contributed by atoms with Crippen molar-refractivity contribution in [3.05, 3.63) is 24.4 Å². The molecule has 0 saturated carbocycles. The van der Waals surface area contributed by atoms with Crippen LogP contribution in [0.4, 0.5) is 11.5 Å². The molecule has 0 spiro atoms. The van der Waals surface area contributed by atoms with E-state index in [1.54, 1.807) is 22.6 Å². The van der Waals surface area contributed by atoms with Crippen molar-refractivity contribution in [3.8, 4) is 5.95 Å². The molecular formula is C20H28N8O2. The largest absolute Gasteiger partial charge is 0.464 e. The number of aromatic nitrogens is 4. The van der Waals surface area contributed by atoms with Crippen LogP contribution in [0.2, 0.25) is 0 Å². The Morgan fingerprint density at radius 3 is 2.53 bits per heavy atom. The highest BCUT2D eigenvalue weighted by molar-refractivity contribution is 6.21. The summed E-state index contributed by atoms with van der Waals surface area (Å²) in [6.45, 7) is 7.94. The second kappa shape index (κ2) is 8.60. The molecule has 10 nitrogen and oxygen atoms in total. The van der Waals surface area contributed by atoms with Gasteiger partial charge in [0.25, 0.3) is 0 Å². The number of hydrogen-bond donors (Lipinski definition) is 2. The van der Waals surface area contributed by atoms with E-state index in [2.05, 4.69) is 28.7 Å². The number of methoxy groups -OCH3 is 1. The maximum atomic E-state index is 11.7. The highest BCUT2D eigenvalue weighted by Crippen LogP contribution is 2.38. The molecule has 0 amide bonds. The molecule has 30 heavy (non-hydrogen) atoms. The highest BCUT2D eigenvalue weighted by atomic mass is 16.5. The first-order valence-corrected chi connectivity index (χ1v) is 10.1.